The molecule has 116 valence electrons. The van der Waals surface area contributed by atoms with E-state index in [1.54, 1.807) is 55.8 Å². The van der Waals surface area contributed by atoms with Gasteiger partial charge in [-0.05, 0) is 41.6 Å². The predicted octanol–water partition coefficient (Wildman–Crippen LogP) is 2.38. The van der Waals surface area contributed by atoms with Crippen molar-refractivity contribution in [2.75, 3.05) is 12.4 Å². The molecule has 2 heterocycles. The highest BCUT2D eigenvalue weighted by atomic mass is 16.5. The van der Waals surface area contributed by atoms with Gasteiger partial charge in [-0.25, -0.2) is 4.98 Å². The van der Waals surface area contributed by atoms with Crippen LogP contribution in [0.3, 0.4) is 0 Å². The second-order valence-corrected chi connectivity index (χ2v) is 4.64. The third-order valence-electron chi connectivity index (χ3n) is 3.20. The van der Waals surface area contributed by atoms with Gasteiger partial charge >= 0.3 is 0 Å². The van der Waals surface area contributed by atoms with Crippen molar-refractivity contribution in [1.82, 2.24) is 4.98 Å². The summed E-state index contributed by atoms with van der Waals surface area (Å²) in [5.41, 5.74) is 0.364. The molecule has 0 bridgehead atoms. The molecule has 0 aliphatic heterocycles. The molecular weight excluding hydrogens is 298 g/mol. The highest BCUT2D eigenvalue weighted by molar-refractivity contribution is 6.04. The van der Waals surface area contributed by atoms with Crippen LogP contribution < -0.4 is 15.6 Å². The molecular formula is C16H13N3O4. The van der Waals surface area contributed by atoms with Gasteiger partial charge in [-0.3, -0.25) is 4.79 Å². The van der Waals surface area contributed by atoms with Crippen LogP contribution in [0.5, 0.6) is 5.75 Å². The smallest absolute Gasteiger partial charge is 0.268 e. The molecule has 1 amide bonds. The third kappa shape index (κ3) is 2.98. The summed E-state index contributed by atoms with van der Waals surface area (Å²) >= 11 is 0. The van der Waals surface area contributed by atoms with Crippen molar-refractivity contribution in [2.24, 2.45) is 5.16 Å². The Morgan fingerprint density at radius 1 is 1.30 bits per heavy atom. The molecule has 0 aliphatic carbocycles. The fourth-order valence-electron chi connectivity index (χ4n) is 2.09. The second-order valence-electron chi connectivity index (χ2n) is 4.64. The first-order valence-corrected chi connectivity index (χ1v) is 6.73. The maximum absolute atomic E-state index is 12.4. The largest absolute Gasteiger partial charge is 0.497 e. The minimum absolute atomic E-state index is 0.0823. The van der Waals surface area contributed by atoms with Gasteiger partial charge in [-0.15, -0.1) is 0 Å². The van der Waals surface area contributed by atoms with Gasteiger partial charge in [0.1, 0.15) is 22.7 Å². The molecule has 3 aromatic rings. The van der Waals surface area contributed by atoms with Crippen LogP contribution in [0, 0.1) is 0 Å². The summed E-state index contributed by atoms with van der Waals surface area (Å²) in [6.45, 7) is 0. The van der Waals surface area contributed by atoms with E-state index in [1.165, 1.54) is 0 Å². The summed E-state index contributed by atoms with van der Waals surface area (Å²) in [5.74, 6) is 0.509. The minimum Gasteiger partial charge on any atom is -0.497 e. The van der Waals surface area contributed by atoms with Gasteiger partial charge in [0.05, 0.1) is 7.11 Å². The van der Waals surface area contributed by atoms with Crippen molar-refractivity contribution in [3.8, 4) is 5.75 Å². The van der Waals surface area contributed by atoms with E-state index in [9.17, 15) is 4.79 Å². The number of amides is 1. The zero-order valence-electron chi connectivity index (χ0n) is 12.2. The van der Waals surface area contributed by atoms with E-state index in [1.807, 2.05) is 0 Å². The lowest BCUT2D eigenvalue weighted by molar-refractivity contribution is 0.102. The van der Waals surface area contributed by atoms with Crippen LogP contribution in [-0.4, -0.2) is 23.2 Å². The summed E-state index contributed by atoms with van der Waals surface area (Å²) in [5, 5.41) is 15.4. The number of nitrogens with zero attached hydrogens (tertiary/aromatic N) is 2. The summed E-state index contributed by atoms with van der Waals surface area (Å²) in [7, 11) is 1.55. The molecule has 0 radical (unpaired) electrons. The molecule has 0 unspecified atom stereocenters. The number of aromatic nitrogens is 1. The topological polar surface area (TPSA) is 97.0 Å². The standard InChI is InChI=1S/C16H13N3O4/c1-22-11-5-6-13-10(8-11)9-12(16(19-21)23-13)15(20)18-14-4-2-3-7-17-14/h2-9,21H,1H3,(H,17,18,20). The number of fused-ring (bicyclic) bond motifs is 1. The van der Waals surface area contributed by atoms with Crippen molar-refractivity contribution >= 4 is 22.7 Å². The number of ether oxygens (including phenoxy) is 1. The van der Waals surface area contributed by atoms with Crippen LogP contribution in [0.4, 0.5) is 5.82 Å². The van der Waals surface area contributed by atoms with Crippen molar-refractivity contribution in [1.29, 1.82) is 0 Å². The average molecular weight is 311 g/mol. The number of nitrogens with one attached hydrogen (secondary N) is 1. The zero-order chi connectivity index (χ0) is 16.2. The van der Waals surface area contributed by atoms with Crippen LogP contribution in [0.15, 0.2) is 58.2 Å². The molecule has 0 saturated heterocycles. The minimum atomic E-state index is -0.495. The molecule has 7 nitrogen and oxygen atoms in total. The second kappa shape index (κ2) is 6.18. The van der Waals surface area contributed by atoms with Gasteiger partial charge in [-0.2, -0.15) is 0 Å². The molecule has 0 aliphatic rings. The summed E-state index contributed by atoms with van der Waals surface area (Å²) in [4.78, 5) is 16.4. The highest BCUT2D eigenvalue weighted by Crippen LogP contribution is 2.20. The van der Waals surface area contributed by atoms with Gasteiger partial charge in [0.15, 0.2) is 0 Å². The monoisotopic (exact) mass is 311 g/mol. The lowest BCUT2D eigenvalue weighted by atomic mass is 10.1. The van der Waals surface area contributed by atoms with Crippen molar-refractivity contribution in [2.45, 2.75) is 0 Å². The summed E-state index contributed by atoms with van der Waals surface area (Å²) in [6.07, 6.45) is 1.56. The van der Waals surface area contributed by atoms with Crippen LogP contribution in [-0.2, 0) is 0 Å². The Morgan fingerprint density at radius 3 is 2.87 bits per heavy atom. The fraction of sp³-hybridized carbons (Fsp3) is 0.0625. The molecule has 7 heteroatoms. The Hall–Kier alpha value is -3.35. The first kappa shape index (κ1) is 14.6. The normalized spacial score (nSPS) is 11.4. The quantitative estimate of drug-likeness (QED) is 0.572. The Kier molecular flexibility index (Phi) is 3.92. The van der Waals surface area contributed by atoms with E-state index < -0.39 is 5.91 Å². The van der Waals surface area contributed by atoms with Gasteiger partial charge in [-0.1, -0.05) is 6.07 Å². The maximum Gasteiger partial charge on any atom is 0.268 e. The average Bonchev–Trinajstić information content (AvgIpc) is 2.60. The van der Waals surface area contributed by atoms with E-state index in [2.05, 4.69) is 15.5 Å². The molecule has 0 atom stereocenters. The Balaban J connectivity index is 2.06. The molecule has 3 rings (SSSR count). The SMILES string of the molecule is COc1ccc2oc(=NO)c(C(=O)Nc3ccccn3)cc2c1. The maximum atomic E-state index is 12.4. The predicted molar refractivity (Wildman–Crippen MR) is 82.3 cm³/mol. The first-order valence-electron chi connectivity index (χ1n) is 6.73. The Morgan fingerprint density at radius 2 is 2.17 bits per heavy atom. The lowest BCUT2D eigenvalue weighted by Gasteiger charge is -2.06. The van der Waals surface area contributed by atoms with Gasteiger partial charge in [0.2, 0.25) is 0 Å². The number of carbonyl (C=O) groups excluding carboxylic acids is 1. The van der Waals surface area contributed by atoms with Gasteiger partial charge < -0.3 is 19.7 Å². The van der Waals surface area contributed by atoms with Crippen molar-refractivity contribution in [3.63, 3.8) is 0 Å². The zero-order valence-corrected chi connectivity index (χ0v) is 12.2. The molecule has 0 spiro atoms. The summed E-state index contributed by atoms with van der Waals surface area (Å²) in [6, 6.07) is 11.8. The highest BCUT2D eigenvalue weighted by Gasteiger charge is 2.14. The number of carbonyl (C=O) groups is 1. The fourth-order valence-corrected chi connectivity index (χ4v) is 2.09. The van der Waals surface area contributed by atoms with Crippen LogP contribution in [0.2, 0.25) is 0 Å². The Labute approximate surface area is 130 Å². The molecule has 0 fully saturated rings. The molecule has 23 heavy (non-hydrogen) atoms. The molecule has 1 aromatic carbocycles. The van der Waals surface area contributed by atoms with Gasteiger partial charge in [0.25, 0.3) is 11.5 Å². The number of pyridine rings is 1. The molecule has 2 N–H and O–H groups in total. The van der Waals surface area contributed by atoms with Crippen LogP contribution >= 0.6 is 0 Å². The van der Waals surface area contributed by atoms with E-state index in [0.29, 0.717) is 22.5 Å². The lowest BCUT2D eigenvalue weighted by Crippen LogP contribution is -2.22. The number of hydrogen-bond donors (Lipinski definition) is 2. The van der Waals surface area contributed by atoms with Crippen molar-refractivity contribution < 1.29 is 19.2 Å². The number of rotatable bonds is 3. The third-order valence-corrected chi connectivity index (χ3v) is 3.20. The van der Waals surface area contributed by atoms with E-state index >= 15 is 0 Å². The van der Waals surface area contributed by atoms with Crippen LogP contribution in [0.25, 0.3) is 11.0 Å². The number of methoxy groups -OCH3 is 1. The van der Waals surface area contributed by atoms with E-state index in [0.717, 1.165) is 0 Å². The number of benzene rings is 1. The van der Waals surface area contributed by atoms with Crippen LogP contribution in [0.1, 0.15) is 10.4 Å². The molecule has 2 aromatic heterocycles. The Bertz CT molecular complexity index is 920. The van der Waals surface area contributed by atoms with Crippen molar-refractivity contribution in [3.05, 3.63) is 59.8 Å². The first-order chi connectivity index (χ1) is 11.2. The van der Waals surface area contributed by atoms with E-state index in [-0.39, 0.29) is 11.1 Å². The number of hydrogen-bond acceptors (Lipinski definition) is 6. The summed E-state index contributed by atoms with van der Waals surface area (Å²) < 4.78 is 10.6. The molecule has 0 saturated carbocycles. The van der Waals surface area contributed by atoms with Gasteiger partial charge in [0, 0.05) is 11.6 Å². The number of anilines is 1. The van der Waals surface area contributed by atoms with E-state index in [4.69, 9.17) is 14.4 Å².